The lowest BCUT2D eigenvalue weighted by Gasteiger charge is -2.12. The number of aliphatic hydroxyl groups is 1. The molecule has 0 spiro atoms. The van der Waals surface area contributed by atoms with E-state index in [4.69, 9.17) is 23.2 Å². The molecule has 0 aliphatic heterocycles. The summed E-state index contributed by atoms with van der Waals surface area (Å²) in [5.41, 5.74) is 0.762. The molecule has 0 aliphatic carbocycles. The van der Waals surface area contributed by atoms with Crippen molar-refractivity contribution in [1.29, 1.82) is 0 Å². The van der Waals surface area contributed by atoms with Crippen LogP contribution in [0.5, 0.6) is 0 Å². The Bertz CT molecular complexity index is 602. The van der Waals surface area contributed by atoms with Gasteiger partial charge >= 0.3 is 0 Å². The Hall–Kier alpha value is -1.16. The van der Waals surface area contributed by atoms with Crippen LogP contribution in [-0.2, 0) is 6.42 Å². The summed E-state index contributed by atoms with van der Waals surface area (Å²) in [5.74, 6) is -1.05. The lowest BCUT2D eigenvalue weighted by atomic mass is 10.0. The van der Waals surface area contributed by atoms with E-state index >= 15 is 0 Å². The second-order valence-corrected chi connectivity index (χ2v) is 4.97. The molecule has 1 atom stereocenters. The molecule has 5 heteroatoms. The van der Waals surface area contributed by atoms with Crippen molar-refractivity contribution >= 4 is 23.2 Å². The molecule has 1 nitrogen and oxygen atoms in total. The van der Waals surface area contributed by atoms with E-state index in [1.165, 1.54) is 30.3 Å². The smallest absolute Gasteiger partial charge is 0.141 e. The molecule has 2 rings (SSSR count). The van der Waals surface area contributed by atoms with Crippen LogP contribution in [0.15, 0.2) is 36.4 Å². The Morgan fingerprint density at radius 3 is 2.37 bits per heavy atom. The van der Waals surface area contributed by atoms with Gasteiger partial charge in [0.2, 0.25) is 0 Å². The lowest BCUT2D eigenvalue weighted by Crippen LogP contribution is -2.04. The van der Waals surface area contributed by atoms with Crippen LogP contribution in [0.25, 0.3) is 0 Å². The summed E-state index contributed by atoms with van der Waals surface area (Å²) in [4.78, 5) is 0. The molecule has 0 bridgehead atoms. The van der Waals surface area contributed by atoms with E-state index in [1.807, 2.05) is 0 Å². The summed E-state index contributed by atoms with van der Waals surface area (Å²) in [6.07, 6.45) is -0.904. The van der Waals surface area contributed by atoms with Crippen LogP contribution in [-0.4, -0.2) is 5.11 Å². The molecule has 0 aliphatic rings. The van der Waals surface area contributed by atoms with Gasteiger partial charge in [0, 0.05) is 11.4 Å². The lowest BCUT2D eigenvalue weighted by molar-refractivity contribution is 0.177. The van der Waals surface area contributed by atoms with Crippen molar-refractivity contribution in [3.8, 4) is 0 Å². The number of hydrogen-bond acceptors (Lipinski definition) is 1. The van der Waals surface area contributed by atoms with E-state index in [0.717, 1.165) is 0 Å². The Balaban J connectivity index is 2.20. The summed E-state index contributed by atoms with van der Waals surface area (Å²) >= 11 is 11.3. The third-order valence-electron chi connectivity index (χ3n) is 2.76. The first kappa shape index (κ1) is 14.3. The maximum atomic E-state index is 13.6. The van der Waals surface area contributed by atoms with E-state index in [1.54, 1.807) is 6.07 Å². The normalized spacial score (nSPS) is 12.5. The summed E-state index contributed by atoms with van der Waals surface area (Å²) in [7, 11) is 0. The highest BCUT2D eigenvalue weighted by Gasteiger charge is 2.13. The van der Waals surface area contributed by atoms with E-state index < -0.39 is 17.7 Å². The molecule has 0 heterocycles. The van der Waals surface area contributed by atoms with Crippen LogP contribution in [0.1, 0.15) is 17.2 Å². The molecule has 0 saturated carbocycles. The zero-order valence-corrected chi connectivity index (χ0v) is 11.2. The fraction of sp³-hybridized carbons (Fsp3) is 0.143. The maximum Gasteiger partial charge on any atom is 0.141 e. The zero-order chi connectivity index (χ0) is 14.0. The minimum absolute atomic E-state index is 0.0605. The number of hydrogen-bond donors (Lipinski definition) is 1. The van der Waals surface area contributed by atoms with Crippen molar-refractivity contribution < 1.29 is 13.9 Å². The molecular weight excluding hydrogens is 293 g/mol. The minimum atomic E-state index is -0.964. The van der Waals surface area contributed by atoms with E-state index in [0.29, 0.717) is 16.1 Å². The van der Waals surface area contributed by atoms with E-state index in [9.17, 15) is 13.9 Å². The van der Waals surface area contributed by atoms with Gasteiger partial charge in [0.05, 0.1) is 11.1 Å². The van der Waals surface area contributed by atoms with Gasteiger partial charge in [-0.2, -0.15) is 0 Å². The van der Waals surface area contributed by atoms with Crippen LogP contribution < -0.4 is 0 Å². The van der Waals surface area contributed by atoms with Gasteiger partial charge in [0.25, 0.3) is 0 Å². The molecule has 0 amide bonds. The topological polar surface area (TPSA) is 20.2 Å². The first-order chi connectivity index (χ1) is 8.97. The number of halogens is 4. The predicted molar refractivity (Wildman–Crippen MR) is 71.5 cm³/mol. The summed E-state index contributed by atoms with van der Waals surface area (Å²) in [6.45, 7) is 0. The Kier molecular flexibility index (Phi) is 4.40. The number of benzene rings is 2. The highest BCUT2D eigenvalue weighted by atomic mass is 35.5. The minimum Gasteiger partial charge on any atom is -0.388 e. The van der Waals surface area contributed by atoms with Gasteiger partial charge < -0.3 is 5.11 Å². The molecule has 2 aromatic carbocycles. The third-order valence-corrected chi connectivity index (χ3v) is 3.28. The zero-order valence-electron chi connectivity index (χ0n) is 9.71. The quantitative estimate of drug-likeness (QED) is 0.882. The molecule has 0 radical (unpaired) electrons. The maximum absolute atomic E-state index is 13.6. The van der Waals surface area contributed by atoms with Crippen LogP contribution in [0.4, 0.5) is 8.78 Å². The van der Waals surface area contributed by atoms with Gasteiger partial charge in [0.15, 0.2) is 0 Å². The molecule has 100 valence electrons. The van der Waals surface area contributed by atoms with Gasteiger partial charge in [0.1, 0.15) is 11.6 Å². The molecule has 19 heavy (non-hydrogen) atoms. The SMILES string of the molecule is OC(Cc1ccc(Cl)cc1F)c1ccc(F)c(Cl)c1. The Morgan fingerprint density at radius 1 is 1.00 bits per heavy atom. The third kappa shape index (κ3) is 3.44. The van der Waals surface area contributed by atoms with Gasteiger partial charge in [-0.3, -0.25) is 0 Å². The first-order valence-electron chi connectivity index (χ1n) is 5.54. The average molecular weight is 303 g/mol. The van der Waals surface area contributed by atoms with Crippen molar-refractivity contribution in [2.24, 2.45) is 0 Å². The molecule has 0 fully saturated rings. The van der Waals surface area contributed by atoms with Crippen LogP contribution in [0, 0.1) is 11.6 Å². The van der Waals surface area contributed by atoms with Crippen LogP contribution in [0.3, 0.4) is 0 Å². The van der Waals surface area contributed by atoms with Crippen molar-refractivity contribution in [3.05, 3.63) is 69.2 Å². The summed E-state index contributed by atoms with van der Waals surface area (Å²) < 4.78 is 26.6. The van der Waals surface area contributed by atoms with E-state index in [2.05, 4.69) is 0 Å². The highest BCUT2D eigenvalue weighted by molar-refractivity contribution is 6.31. The largest absolute Gasteiger partial charge is 0.388 e. The number of aliphatic hydroxyl groups excluding tert-OH is 1. The first-order valence-corrected chi connectivity index (χ1v) is 6.30. The molecule has 0 aromatic heterocycles. The van der Waals surface area contributed by atoms with Crippen molar-refractivity contribution in [2.45, 2.75) is 12.5 Å². The molecule has 0 saturated heterocycles. The molecular formula is C14H10Cl2F2O. The Labute approximate surface area is 119 Å². The Morgan fingerprint density at radius 2 is 1.74 bits per heavy atom. The second kappa shape index (κ2) is 5.87. The van der Waals surface area contributed by atoms with Gasteiger partial charge in [-0.1, -0.05) is 35.3 Å². The van der Waals surface area contributed by atoms with Gasteiger partial charge in [-0.25, -0.2) is 8.78 Å². The monoisotopic (exact) mass is 302 g/mol. The molecule has 1 unspecified atom stereocenters. The van der Waals surface area contributed by atoms with Crippen LogP contribution >= 0.6 is 23.2 Å². The van der Waals surface area contributed by atoms with Gasteiger partial charge in [-0.15, -0.1) is 0 Å². The number of rotatable bonds is 3. The van der Waals surface area contributed by atoms with Crippen molar-refractivity contribution in [1.82, 2.24) is 0 Å². The van der Waals surface area contributed by atoms with Crippen molar-refractivity contribution in [3.63, 3.8) is 0 Å². The fourth-order valence-electron chi connectivity index (χ4n) is 1.73. The average Bonchev–Trinajstić information content (AvgIpc) is 2.36. The molecule has 2 aromatic rings. The molecule has 1 N–H and O–H groups in total. The summed E-state index contributed by atoms with van der Waals surface area (Å²) in [5, 5.41) is 10.2. The predicted octanol–water partition coefficient (Wildman–Crippen LogP) is 4.55. The van der Waals surface area contributed by atoms with Crippen molar-refractivity contribution in [2.75, 3.05) is 0 Å². The van der Waals surface area contributed by atoms with Crippen LogP contribution in [0.2, 0.25) is 10.0 Å². The second-order valence-electron chi connectivity index (χ2n) is 4.13. The standard InChI is InChI=1S/C14H10Cl2F2O/c15-10-3-1-8(13(18)7-10)6-14(19)9-2-4-12(17)11(16)5-9/h1-5,7,14,19H,6H2. The van der Waals surface area contributed by atoms with E-state index in [-0.39, 0.29) is 11.4 Å². The fourth-order valence-corrected chi connectivity index (χ4v) is 2.08. The summed E-state index contributed by atoms with van der Waals surface area (Å²) in [6, 6.07) is 8.14. The van der Waals surface area contributed by atoms with Gasteiger partial charge in [-0.05, 0) is 35.4 Å². The highest BCUT2D eigenvalue weighted by Crippen LogP contribution is 2.25.